The highest BCUT2D eigenvalue weighted by molar-refractivity contribution is 7.89. The molecule has 0 radical (unpaired) electrons. The van der Waals surface area contributed by atoms with Crippen LogP contribution in [-0.4, -0.2) is 42.6 Å². The van der Waals surface area contributed by atoms with Crippen LogP contribution in [0.5, 0.6) is 0 Å². The average molecular weight is 309 g/mol. The molecule has 2 heterocycles. The normalized spacial score (nSPS) is 24.4. The highest BCUT2D eigenvalue weighted by atomic mass is 35.5. The predicted molar refractivity (Wildman–Crippen MR) is 75.8 cm³/mol. The Morgan fingerprint density at radius 1 is 1.47 bits per heavy atom. The lowest BCUT2D eigenvalue weighted by molar-refractivity contribution is 0.349. The third kappa shape index (κ3) is 2.79. The van der Waals surface area contributed by atoms with Crippen LogP contribution in [-0.2, 0) is 10.0 Å². The van der Waals surface area contributed by atoms with Gasteiger partial charge in [-0.15, -0.1) is 12.4 Å². The lowest BCUT2D eigenvalue weighted by Gasteiger charge is -2.22. The summed E-state index contributed by atoms with van der Waals surface area (Å²) in [5, 5.41) is 6.68. The van der Waals surface area contributed by atoms with Crippen LogP contribution in [0.2, 0.25) is 0 Å². The number of rotatable bonds is 3. The largest absolute Gasteiger partial charge is 0.330 e. The van der Waals surface area contributed by atoms with Gasteiger partial charge >= 0.3 is 0 Å². The van der Waals surface area contributed by atoms with E-state index in [1.807, 2.05) is 6.92 Å². The minimum absolute atomic E-state index is 0. The molecule has 0 bridgehead atoms. The number of aryl methyl sites for hydroxylation is 2. The Hall–Kier alpha value is -0.630. The van der Waals surface area contributed by atoms with E-state index in [9.17, 15) is 8.42 Å². The fourth-order valence-corrected chi connectivity index (χ4v) is 4.32. The Morgan fingerprint density at radius 3 is 2.53 bits per heavy atom. The van der Waals surface area contributed by atoms with Gasteiger partial charge in [0.1, 0.15) is 4.90 Å². The van der Waals surface area contributed by atoms with Crippen molar-refractivity contribution in [3.63, 3.8) is 0 Å². The second kappa shape index (κ2) is 5.40. The molecular formula is C11H21ClN4O2S. The summed E-state index contributed by atoms with van der Waals surface area (Å²) >= 11 is 0. The van der Waals surface area contributed by atoms with Crippen LogP contribution in [0, 0.1) is 19.3 Å². The van der Waals surface area contributed by atoms with Gasteiger partial charge in [-0.1, -0.05) is 6.92 Å². The van der Waals surface area contributed by atoms with Crippen molar-refractivity contribution in [2.75, 3.05) is 19.6 Å². The van der Waals surface area contributed by atoms with Crippen LogP contribution in [0.25, 0.3) is 0 Å². The highest BCUT2D eigenvalue weighted by Crippen LogP contribution is 2.33. The van der Waals surface area contributed by atoms with Gasteiger partial charge in [0.2, 0.25) is 10.0 Å². The summed E-state index contributed by atoms with van der Waals surface area (Å²) in [5.74, 6) is 0. The first-order chi connectivity index (χ1) is 8.30. The van der Waals surface area contributed by atoms with Crippen LogP contribution in [0.1, 0.15) is 24.7 Å². The smallest absolute Gasteiger partial charge is 0.246 e. The summed E-state index contributed by atoms with van der Waals surface area (Å²) in [6.45, 7) is 6.97. The number of nitrogens with zero attached hydrogens (tertiary/aromatic N) is 2. The zero-order valence-corrected chi connectivity index (χ0v) is 13.1. The maximum atomic E-state index is 12.6. The van der Waals surface area contributed by atoms with Crippen molar-refractivity contribution in [1.29, 1.82) is 0 Å². The van der Waals surface area contributed by atoms with E-state index in [0.717, 1.165) is 6.42 Å². The maximum Gasteiger partial charge on any atom is 0.246 e. The molecule has 19 heavy (non-hydrogen) atoms. The summed E-state index contributed by atoms with van der Waals surface area (Å²) in [4.78, 5) is 0.309. The van der Waals surface area contributed by atoms with E-state index in [-0.39, 0.29) is 17.8 Å². The minimum atomic E-state index is -3.45. The zero-order chi connectivity index (χ0) is 13.6. The van der Waals surface area contributed by atoms with Crippen molar-refractivity contribution >= 4 is 22.4 Å². The molecule has 110 valence electrons. The second-order valence-corrected chi connectivity index (χ2v) is 7.24. The van der Waals surface area contributed by atoms with E-state index in [4.69, 9.17) is 5.73 Å². The topological polar surface area (TPSA) is 92.1 Å². The molecule has 0 saturated carbocycles. The quantitative estimate of drug-likeness (QED) is 0.864. The fraction of sp³-hybridized carbons (Fsp3) is 0.727. The molecule has 2 rings (SSSR count). The van der Waals surface area contributed by atoms with E-state index in [1.54, 1.807) is 13.8 Å². The molecule has 8 heteroatoms. The zero-order valence-electron chi connectivity index (χ0n) is 11.4. The molecule has 6 nitrogen and oxygen atoms in total. The van der Waals surface area contributed by atoms with E-state index >= 15 is 0 Å². The summed E-state index contributed by atoms with van der Waals surface area (Å²) in [7, 11) is -3.45. The maximum absolute atomic E-state index is 12.6. The number of halogens is 1. The molecule has 1 aliphatic heterocycles. The Bertz CT molecular complexity index is 538. The summed E-state index contributed by atoms with van der Waals surface area (Å²) < 4.78 is 26.7. The van der Waals surface area contributed by atoms with Gasteiger partial charge in [0.25, 0.3) is 0 Å². The number of hydrogen-bond acceptors (Lipinski definition) is 4. The molecule has 3 N–H and O–H groups in total. The lowest BCUT2D eigenvalue weighted by Crippen LogP contribution is -2.34. The van der Waals surface area contributed by atoms with Crippen LogP contribution < -0.4 is 5.73 Å². The summed E-state index contributed by atoms with van der Waals surface area (Å²) in [6.07, 6.45) is 0.804. The molecular weight excluding hydrogens is 288 g/mol. The lowest BCUT2D eigenvalue weighted by atomic mass is 9.90. The summed E-state index contributed by atoms with van der Waals surface area (Å²) in [6, 6.07) is 0. The molecule has 1 fully saturated rings. The molecule has 1 aliphatic rings. The molecule has 1 unspecified atom stereocenters. The third-order valence-corrected chi connectivity index (χ3v) is 5.78. The number of nitrogens with one attached hydrogen (secondary N) is 1. The molecule has 0 aromatic carbocycles. The van der Waals surface area contributed by atoms with Crippen molar-refractivity contribution < 1.29 is 8.42 Å². The first-order valence-electron chi connectivity index (χ1n) is 6.02. The fourth-order valence-electron chi connectivity index (χ4n) is 2.40. The minimum Gasteiger partial charge on any atom is -0.330 e. The second-order valence-electron chi connectivity index (χ2n) is 5.37. The number of H-pyrrole nitrogens is 1. The van der Waals surface area contributed by atoms with Gasteiger partial charge in [-0.3, -0.25) is 5.10 Å². The van der Waals surface area contributed by atoms with E-state index in [2.05, 4.69) is 10.2 Å². The van der Waals surface area contributed by atoms with Crippen LogP contribution in [0.15, 0.2) is 4.90 Å². The molecule has 1 aromatic heterocycles. The van der Waals surface area contributed by atoms with Gasteiger partial charge in [-0.05, 0) is 32.2 Å². The van der Waals surface area contributed by atoms with Crippen LogP contribution in [0.4, 0.5) is 0 Å². The van der Waals surface area contributed by atoms with Gasteiger partial charge in [-0.25, -0.2) is 8.42 Å². The van der Waals surface area contributed by atoms with Gasteiger partial charge in [0.05, 0.1) is 11.4 Å². The number of aromatic amines is 1. The molecule has 0 spiro atoms. The van der Waals surface area contributed by atoms with Crippen molar-refractivity contribution in [2.24, 2.45) is 11.1 Å². The Morgan fingerprint density at radius 2 is 2.11 bits per heavy atom. The average Bonchev–Trinajstić information content (AvgIpc) is 2.84. The van der Waals surface area contributed by atoms with E-state index < -0.39 is 10.0 Å². The Kier molecular flexibility index (Phi) is 4.66. The molecule has 1 aromatic rings. The van der Waals surface area contributed by atoms with Crippen LogP contribution >= 0.6 is 12.4 Å². The van der Waals surface area contributed by atoms with Crippen molar-refractivity contribution in [3.8, 4) is 0 Å². The summed E-state index contributed by atoms with van der Waals surface area (Å²) in [5.41, 5.74) is 6.71. The highest BCUT2D eigenvalue weighted by Gasteiger charge is 2.40. The monoisotopic (exact) mass is 308 g/mol. The molecule has 1 atom stereocenters. The van der Waals surface area contributed by atoms with Crippen molar-refractivity contribution in [3.05, 3.63) is 11.4 Å². The van der Waals surface area contributed by atoms with Gasteiger partial charge in [0, 0.05) is 13.1 Å². The van der Waals surface area contributed by atoms with Crippen molar-refractivity contribution in [2.45, 2.75) is 32.1 Å². The van der Waals surface area contributed by atoms with E-state index in [0.29, 0.717) is 35.9 Å². The molecule has 0 amide bonds. The molecule has 0 aliphatic carbocycles. The Balaban J connectivity index is 0.00000180. The van der Waals surface area contributed by atoms with Crippen LogP contribution in [0.3, 0.4) is 0 Å². The van der Waals surface area contributed by atoms with Gasteiger partial charge in [0.15, 0.2) is 0 Å². The number of sulfonamides is 1. The van der Waals surface area contributed by atoms with E-state index in [1.165, 1.54) is 4.31 Å². The van der Waals surface area contributed by atoms with Gasteiger partial charge < -0.3 is 5.73 Å². The number of aromatic nitrogens is 2. The predicted octanol–water partition coefficient (Wildman–Crippen LogP) is 0.808. The number of nitrogens with two attached hydrogens (primary N) is 1. The first-order valence-corrected chi connectivity index (χ1v) is 7.46. The third-order valence-electron chi connectivity index (χ3n) is 3.67. The standard InChI is InChI=1S/C11H20N4O2S.ClH/c1-8-10(9(2)14-13-8)18(16,17)15-5-4-11(3,6-12)7-15;/h4-7,12H2,1-3H3,(H,13,14);1H. The number of hydrogen-bond donors (Lipinski definition) is 2. The van der Waals surface area contributed by atoms with Crippen molar-refractivity contribution in [1.82, 2.24) is 14.5 Å². The Labute approximate surface area is 120 Å². The first kappa shape index (κ1) is 16.4. The molecule has 1 saturated heterocycles. The SMILES string of the molecule is Cc1n[nH]c(C)c1S(=O)(=O)N1CCC(C)(CN)C1.Cl. The van der Waals surface area contributed by atoms with Gasteiger partial charge in [-0.2, -0.15) is 9.40 Å².